The summed E-state index contributed by atoms with van der Waals surface area (Å²) in [4.78, 5) is 6.05. The molecule has 0 amide bonds. The second kappa shape index (κ2) is 6.13. The van der Waals surface area contributed by atoms with Gasteiger partial charge in [-0.25, -0.2) is 4.98 Å². The SMILES string of the molecule is CC1CCc2nc(/C(C#N)=C/c3ccc(Br)cc3)sc2C1. The summed E-state index contributed by atoms with van der Waals surface area (Å²) >= 11 is 5.10. The third-order valence-electron chi connectivity index (χ3n) is 3.72. The van der Waals surface area contributed by atoms with Crippen LogP contribution in [0.25, 0.3) is 11.6 Å². The van der Waals surface area contributed by atoms with E-state index in [-0.39, 0.29) is 0 Å². The van der Waals surface area contributed by atoms with E-state index < -0.39 is 0 Å². The number of halogens is 1. The van der Waals surface area contributed by atoms with Gasteiger partial charge in [-0.3, -0.25) is 0 Å². The molecule has 2 nitrogen and oxygen atoms in total. The molecule has 3 rings (SSSR count). The first-order chi connectivity index (χ1) is 10.2. The van der Waals surface area contributed by atoms with Crippen LogP contribution in [0.3, 0.4) is 0 Å². The summed E-state index contributed by atoms with van der Waals surface area (Å²) in [5, 5.41) is 10.3. The first-order valence-corrected chi connectivity index (χ1v) is 8.63. The van der Waals surface area contributed by atoms with Crippen molar-refractivity contribution in [3.8, 4) is 6.07 Å². The van der Waals surface area contributed by atoms with Crippen LogP contribution in [0.15, 0.2) is 28.7 Å². The lowest BCUT2D eigenvalue weighted by molar-refractivity contribution is 0.502. The average molecular weight is 359 g/mol. The van der Waals surface area contributed by atoms with Gasteiger partial charge in [0.15, 0.2) is 0 Å². The van der Waals surface area contributed by atoms with Crippen molar-refractivity contribution >= 4 is 38.9 Å². The van der Waals surface area contributed by atoms with E-state index in [9.17, 15) is 5.26 Å². The van der Waals surface area contributed by atoms with Crippen LogP contribution in [-0.2, 0) is 12.8 Å². The van der Waals surface area contributed by atoms with Gasteiger partial charge in [0, 0.05) is 9.35 Å². The van der Waals surface area contributed by atoms with Crippen LogP contribution < -0.4 is 0 Å². The molecule has 2 aromatic rings. The van der Waals surface area contributed by atoms with E-state index in [1.807, 2.05) is 30.3 Å². The van der Waals surface area contributed by atoms with E-state index >= 15 is 0 Å². The molecule has 0 saturated carbocycles. The molecule has 0 N–H and O–H groups in total. The van der Waals surface area contributed by atoms with Crippen LogP contribution in [0.4, 0.5) is 0 Å². The maximum absolute atomic E-state index is 9.45. The Balaban J connectivity index is 1.94. The molecule has 1 unspecified atom stereocenters. The zero-order valence-corrected chi connectivity index (χ0v) is 14.2. The molecular weight excluding hydrogens is 344 g/mol. The van der Waals surface area contributed by atoms with Gasteiger partial charge in [0.1, 0.15) is 11.1 Å². The van der Waals surface area contributed by atoms with Crippen LogP contribution in [-0.4, -0.2) is 4.98 Å². The van der Waals surface area contributed by atoms with E-state index in [1.54, 1.807) is 11.3 Å². The molecule has 1 heterocycles. The Hall–Kier alpha value is -1.44. The van der Waals surface area contributed by atoms with Crippen molar-refractivity contribution in [2.45, 2.75) is 26.2 Å². The predicted octanol–water partition coefficient (Wildman–Crippen LogP) is 5.09. The predicted molar refractivity (Wildman–Crippen MR) is 90.9 cm³/mol. The standard InChI is InChI=1S/C17H15BrN2S/c1-11-2-7-15-16(8-11)21-17(20-15)13(10-19)9-12-3-5-14(18)6-4-12/h3-6,9,11H,2,7-8H2,1H3/b13-9+. The van der Waals surface area contributed by atoms with Gasteiger partial charge in [-0.1, -0.05) is 35.0 Å². The quantitative estimate of drug-likeness (QED) is 0.700. The lowest BCUT2D eigenvalue weighted by Gasteiger charge is -2.15. The Bertz CT molecular complexity index is 722. The first-order valence-electron chi connectivity index (χ1n) is 7.02. The van der Waals surface area contributed by atoms with Gasteiger partial charge in [0.25, 0.3) is 0 Å². The molecule has 0 saturated heterocycles. The molecule has 106 valence electrons. The van der Waals surface area contributed by atoms with Crippen molar-refractivity contribution < 1.29 is 0 Å². The maximum Gasteiger partial charge on any atom is 0.134 e. The Morgan fingerprint density at radius 3 is 2.90 bits per heavy atom. The molecule has 0 fully saturated rings. The maximum atomic E-state index is 9.45. The number of hydrogen-bond acceptors (Lipinski definition) is 3. The second-order valence-electron chi connectivity index (χ2n) is 5.46. The molecule has 0 spiro atoms. The Morgan fingerprint density at radius 1 is 1.43 bits per heavy atom. The number of hydrogen-bond donors (Lipinski definition) is 0. The molecule has 0 radical (unpaired) electrons. The minimum atomic E-state index is 0.657. The van der Waals surface area contributed by atoms with Crippen molar-refractivity contribution in [3.63, 3.8) is 0 Å². The number of aryl methyl sites for hydroxylation is 1. The minimum Gasteiger partial charge on any atom is -0.240 e. The van der Waals surface area contributed by atoms with Gasteiger partial charge in [-0.15, -0.1) is 11.3 Å². The van der Waals surface area contributed by atoms with Crippen LogP contribution in [0, 0.1) is 17.2 Å². The highest BCUT2D eigenvalue weighted by molar-refractivity contribution is 9.10. The molecular formula is C17H15BrN2S. The van der Waals surface area contributed by atoms with Gasteiger partial charge in [0.05, 0.1) is 11.3 Å². The monoisotopic (exact) mass is 358 g/mol. The number of allylic oxidation sites excluding steroid dienone is 1. The molecule has 1 aromatic carbocycles. The zero-order valence-electron chi connectivity index (χ0n) is 11.8. The summed E-state index contributed by atoms with van der Waals surface area (Å²) in [5.41, 5.74) is 2.88. The van der Waals surface area contributed by atoms with E-state index in [0.717, 1.165) is 33.8 Å². The van der Waals surface area contributed by atoms with Crippen molar-refractivity contribution in [2.75, 3.05) is 0 Å². The summed E-state index contributed by atoms with van der Waals surface area (Å²) in [6, 6.07) is 10.3. The van der Waals surface area contributed by atoms with Crippen LogP contribution in [0.5, 0.6) is 0 Å². The third-order valence-corrected chi connectivity index (χ3v) is 5.40. The molecule has 1 aliphatic carbocycles. The van der Waals surface area contributed by atoms with Crippen LogP contribution in [0.1, 0.15) is 34.5 Å². The van der Waals surface area contributed by atoms with E-state index in [0.29, 0.717) is 5.57 Å². The molecule has 1 aliphatic rings. The summed E-state index contributed by atoms with van der Waals surface area (Å²) in [7, 11) is 0. The normalized spacial score (nSPS) is 18.1. The number of aromatic nitrogens is 1. The number of benzene rings is 1. The smallest absolute Gasteiger partial charge is 0.134 e. The Morgan fingerprint density at radius 2 is 2.19 bits per heavy atom. The molecule has 1 aromatic heterocycles. The Labute approximate surface area is 137 Å². The number of fused-ring (bicyclic) bond motifs is 1. The molecule has 0 aliphatic heterocycles. The average Bonchev–Trinajstić information content (AvgIpc) is 2.89. The fourth-order valence-corrected chi connectivity index (χ4v) is 4.02. The van der Waals surface area contributed by atoms with Crippen molar-refractivity contribution in [1.29, 1.82) is 5.26 Å². The van der Waals surface area contributed by atoms with Crippen LogP contribution >= 0.6 is 27.3 Å². The van der Waals surface area contributed by atoms with Crippen molar-refractivity contribution in [2.24, 2.45) is 5.92 Å². The lowest BCUT2D eigenvalue weighted by atomic mass is 9.93. The fourth-order valence-electron chi connectivity index (χ4n) is 2.52. The number of nitriles is 1. The Kier molecular flexibility index (Phi) is 4.23. The first kappa shape index (κ1) is 14.5. The summed E-state index contributed by atoms with van der Waals surface area (Å²) in [6.07, 6.45) is 5.27. The van der Waals surface area contributed by atoms with Gasteiger partial charge in [-0.2, -0.15) is 5.26 Å². The van der Waals surface area contributed by atoms with Crippen molar-refractivity contribution in [3.05, 3.63) is 49.9 Å². The van der Waals surface area contributed by atoms with Crippen molar-refractivity contribution in [1.82, 2.24) is 4.98 Å². The van der Waals surface area contributed by atoms with Gasteiger partial charge >= 0.3 is 0 Å². The van der Waals surface area contributed by atoms with Gasteiger partial charge in [0.2, 0.25) is 0 Å². The number of thiazole rings is 1. The van der Waals surface area contributed by atoms with E-state index in [2.05, 4.69) is 33.9 Å². The van der Waals surface area contributed by atoms with E-state index in [4.69, 9.17) is 0 Å². The molecule has 4 heteroatoms. The zero-order chi connectivity index (χ0) is 14.8. The third kappa shape index (κ3) is 3.25. The number of nitrogens with zero attached hydrogens (tertiary/aromatic N) is 2. The summed E-state index contributed by atoms with van der Waals surface area (Å²) in [5.74, 6) is 0.729. The molecule has 21 heavy (non-hydrogen) atoms. The lowest BCUT2D eigenvalue weighted by Crippen LogP contribution is -2.09. The fraction of sp³-hybridized carbons (Fsp3) is 0.294. The topological polar surface area (TPSA) is 36.7 Å². The van der Waals surface area contributed by atoms with Gasteiger partial charge < -0.3 is 0 Å². The highest BCUT2D eigenvalue weighted by atomic mass is 79.9. The van der Waals surface area contributed by atoms with Gasteiger partial charge in [-0.05, 0) is 49.0 Å². The highest BCUT2D eigenvalue weighted by Crippen LogP contribution is 2.33. The summed E-state index contributed by atoms with van der Waals surface area (Å²) in [6.45, 7) is 2.28. The highest BCUT2D eigenvalue weighted by Gasteiger charge is 2.20. The van der Waals surface area contributed by atoms with E-state index in [1.165, 1.54) is 17.0 Å². The van der Waals surface area contributed by atoms with Crippen LogP contribution in [0.2, 0.25) is 0 Å². The molecule has 1 atom stereocenters. The number of rotatable bonds is 2. The largest absolute Gasteiger partial charge is 0.240 e. The molecule has 0 bridgehead atoms. The summed E-state index contributed by atoms with van der Waals surface area (Å²) < 4.78 is 1.04. The second-order valence-corrected chi connectivity index (χ2v) is 7.46. The minimum absolute atomic E-state index is 0.657.